The Morgan fingerprint density at radius 2 is 2.13 bits per heavy atom. The Balaban J connectivity index is 2.43. The molecule has 0 aromatic carbocycles. The van der Waals surface area contributed by atoms with Crippen molar-refractivity contribution in [2.24, 2.45) is 11.3 Å². The summed E-state index contributed by atoms with van der Waals surface area (Å²) in [5.74, 6) is 0.556. The van der Waals surface area contributed by atoms with Gasteiger partial charge in [0.2, 0.25) is 5.91 Å². The molecular weight excluding hydrogens is 208 g/mol. The maximum absolute atomic E-state index is 11.7. The largest absolute Gasteiger partial charge is 0.359 e. The first-order chi connectivity index (χ1) is 6.80. The molecule has 0 aromatic heterocycles. The number of allylic oxidation sites excluding steroid dienone is 1. The molecule has 86 valence electrons. The first-order valence-corrected chi connectivity index (χ1v) is 6.18. The fourth-order valence-corrected chi connectivity index (χ4v) is 2.07. The fraction of sp³-hybridized carbons (Fsp3) is 0.727. The Labute approximate surface area is 96.1 Å². The number of carbonyl (C=O) groups excluding carboxylic acids is 1. The Hall–Kier alpha value is -0.640. The fourth-order valence-electron chi connectivity index (χ4n) is 1.07. The van der Waals surface area contributed by atoms with Crippen LogP contribution in [0.15, 0.2) is 11.1 Å². The third-order valence-corrected chi connectivity index (χ3v) is 3.09. The predicted molar refractivity (Wildman–Crippen MR) is 65.0 cm³/mol. The molecule has 0 radical (unpaired) electrons. The topological polar surface area (TPSA) is 41.1 Å². The molecular formula is C11H20N2OS. The monoisotopic (exact) mass is 228 g/mol. The van der Waals surface area contributed by atoms with E-state index in [-0.39, 0.29) is 16.8 Å². The molecule has 0 bridgehead atoms. The minimum absolute atomic E-state index is 0.00544. The third-order valence-electron chi connectivity index (χ3n) is 2.19. The van der Waals surface area contributed by atoms with E-state index in [1.807, 2.05) is 20.8 Å². The predicted octanol–water partition coefficient (Wildman–Crippen LogP) is 2.27. The van der Waals surface area contributed by atoms with Crippen LogP contribution in [0, 0.1) is 11.3 Å². The van der Waals surface area contributed by atoms with E-state index >= 15 is 0 Å². The number of nitrogens with one attached hydrogen (secondary N) is 2. The lowest BCUT2D eigenvalue weighted by molar-refractivity contribution is -0.128. The van der Waals surface area contributed by atoms with Crippen LogP contribution in [0.1, 0.15) is 34.6 Å². The zero-order valence-corrected chi connectivity index (χ0v) is 10.9. The van der Waals surface area contributed by atoms with E-state index in [0.717, 1.165) is 0 Å². The first kappa shape index (κ1) is 12.4. The molecule has 1 rings (SSSR count). The average Bonchev–Trinajstić information content (AvgIpc) is 2.50. The first-order valence-electron chi connectivity index (χ1n) is 5.23. The minimum Gasteiger partial charge on any atom is -0.359 e. The lowest BCUT2D eigenvalue weighted by atomic mass is 9.96. The van der Waals surface area contributed by atoms with Crippen LogP contribution >= 0.6 is 11.8 Å². The quantitative estimate of drug-likeness (QED) is 0.762. The molecule has 0 aromatic rings. The Morgan fingerprint density at radius 3 is 2.53 bits per heavy atom. The zero-order valence-electron chi connectivity index (χ0n) is 10.0. The zero-order chi connectivity index (χ0) is 11.6. The van der Waals surface area contributed by atoms with Gasteiger partial charge in [0.05, 0.1) is 0 Å². The summed E-state index contributed by atoms with van der Waals surface area (Å²) in [6.45, 7) is 10.0. The molecule has 2 N–H and O–H groups in total. The van der Waals surface area contributed by atoms with Crippen LogP contribution in [0.4, 0.5) is 0 Å². The molecule has 0 saturated carbocycles. The van der Waals surface area contributed by atoms with Crippen molar-refractivity contribution < 1.29 is 4.79 Å². The Morgan fingerprint density at radius 1 is 1.53 bits per heavy atom. The molecule has 1 heterocycles. The van der Waals surface area contributed by atoms with E-state index < -0.39 is 0 Å². The number of amides is 1. The van der Waals surface area contributed by atoms with Gasteiger partial charge >= 0.3 is 0 Å². The highest BCUT2D eigenvalue weighted by Gasteiger charge is 2.26. The molecule has 1 aliphatic heterocycles. The molecule has 0 saturated heterocycles. The molecule has 15 heavy (non-hydrogen) atoms. The summed E-state index contributed by atoms with van der Waals surface area (Å²) >= 11 is 1.62. The lowest BCUT2D eigenvalue weighted by Gasteiger charge is -2.22. The van der Waals surface area contributed by atoms with Crippen molar-refractivity contribution in [3.05, 3.63) is 11.1 Å². The second-order valence-electron chi connectivity index (χ2n) is 5.11. The summed E-state index contributed by atoms with van der Waals surface area (Å²) in [6.07, 6.45) is 0. The van der Waals surface area contributed by atoms with Crippen molar-refractivity contribution in [1.82, 2.24) is 10.6 Å². The highest BCUT2D eigenvalue weighted by molar-refractivity contribution is 8.02. The van der Waals surface area contributed by atoms with E-state index in [9.17, 15) is 4.79 Å². The van der Waals surface area contributed by atoms with Crippen molar-refractivity contribution in [2.45, 2.75) is 40.1 Å². The molecule has 0 aliphatic carbocycles. The summed E-state index contributed by atoms with van der Waals surface area (Å²) in [6, 6.07) is 0. The van der Waals surface area contributed by atoms with E-state index in [4.69, 9.17) is 0 Å². The van der Waals surface area contributed by atoms with Gasteiger partial charge in [0.15, 0.2) is 5.50 Å². The van der Waals surface area contributed by atoms with Gasteiger partial charge in [0.1, 0.15) is 0 Å². The van der Waals surface area contributed by atoms with Crippen molar-refractivity contribution in [2.75, 3.05) is 0 Å². The third kappa shape index (κ3) is 3.45. The van der Waals surface area contributed by atoms with Gasteiger partial charge in [-0.2, -0.15) is 0 Å². The minimum atomic E-state index is -0.331. The molecule has 1 unspecified atom stereocenters. The normalized spacial score (nSPS) is 21.2. The van der Waals surface area contributed by atoms with Gasteiger partial charge in [0.25, 0.3) is 0 Å². The molecule has 0 fully saturated rings. The second kappa shape index (κ2) is 4.47. The van der Waals surface area contributed by atoms with Crippen molar-refractivity contribution in [3.63, 3.8) is 0 Å². The van der Waals surface area contributed by atoms with E-state index in [2.05, 4.69) is 29.9 Å². The number of rotatable bonds is 2. The van der Waals surface area contributed by atoms with Gasteiger partial charge < -0.3 is 10.6 Å². The van der Waals surface area contributed by atoms with Gasteiger partial charge in [-0.15, -0.1) is 0 Å². The maximum Gasteiger partial charge on any atom is 0.227 e. The molecule has 1 aliphatic rings. The van der Waals surface area contributed by atoms with Gasteiger partial charge in [-0.1, -0.05) is 46.4 Å². The van der Waals surface area contributed by atoms with Crippen LogP contribution in [0.25, 0.3) is 0 Å². The maximum atomic E-state index is 11.7. The highest BCUT2D eigenvalue weighted by Crippen LogP contribution is 2.24. The van der Waals surface area contributed by atoms with E-state index in [1.54, 1.807) is 11.8 Å². The number of hydrogen-bond acceptors (Lipinski definition) is 3. The summed E-state index contributed by atoms with van der Waals surface area (Å²) < 4.78 is 0. The van der Waals surface area contributed by atoms with Crippen LogP contribution in [-0.2, 0) is 4.79 Å². The molecule has 1 atom stereocenters. The molecule has 4 heteroatoms. The number of hydrogen-bond donors (Lipinski definition) is 2. The Bertz CT molecular complexity index is 279. The van der Waals surface area contributed by atoms with Crippen molar-refractivity contribution in [3.8, 4) is 0 Å². The average molecular weight is 228 g/mol. The van der Waals surface area contributed by atoms with Crippen LogP contribution in [-0.4, -0.2) is 11.4 Å². The second-order valence-corrected chi connectivity index (χ2v) is 6.09. The van der Waals surface area contributed by atoms with Gasteiger partial charge in [0, 0.05) is 11.1 Å². The van der Waals surface area contributed by atoms with Crippen LogP contribution in [0.5, 0.6) is 0 Å². The van der Waals surface area contributed by atoms with Crippen molar-refractivity contribution >= 4 is 17.7 Å². The molecule has 3 nitrogen and oxygen atoms in total. The van der Waals surface area contributed by atoms with Crippen LogP contribution in [0.3, 0.4) is 0 Å². The SMILES string of the molecule is CC(C)C1=CSC(NC(=O)C(C)(C)C)N1. The van der Waals surface area contributed by atoms with Gasteiger partial charge in [-0.3, -0.25) is 4.79 Å². The van der Waals surface area contributed by atoms with E-state index in [0.29, 0.717) is 5.92 Å². The van der Waals surface area contributed by atoms with Gasteiger partial charge in [-0.05, 0) is 11.3 Å². The van der Waals surface area contributed by atoms with E-state index in [1.165, 1.54) is 5.70 Å². The summed E-state index contributed by atoms with van der Waals surface area (Å²) in [5, 5.41) is 8.33. The standard InChI is InChI=1S/C11H20N2OS/c1-7(2)8-6-15-10(12-8)13-9(14)11(3,4)5/h6-7,10,12H,1-5H3,(H,13,14). The van der Waals surface area contributed by atoms with Crippen LogP contribution in [0.2, 0.25) is 0 Å². The molecule has 1 amide bonds. The Kier molecular flexibility index (Phi) is 3.71. The van der Waals surface area contributed by atoms with Gasteiger partial charge in [-0.25, -0.2) is 0 Å². The summed E-state index contributed by atoms with van der Waals surface area (Å²) in [7, 11) is 0. The highest BCUT2D eigenvalue weighted by atomic mass is 32.2. The lowest BCUT2D eigenvalue weighted by Crippen LogP contribution is -2.45. The summed E-state index contributed by atoms with van der Waals surface area (Å²) in [4.78, 5) is 11.7. The van der Waals surface area contributed by atoms with Crippen molar-refractivity contribution in [1.29, 1.82) is 0 Å². The number of thioether (sulfide) groups is 1. The number of carbonyl (C=O) groups is 1. The molecule has 0 spiro atoms. The summed E-state index contributed by atoms with van der Waals surface area (Å²) in [5.41, 5.74) is 0.858. The van der Waals surface area contributed by atoms with Crippen LogP contribution < -0.4 is 10.6 Å². The smallest absolute Gasteiger partial charge is 0.227 e.